The molecule has 1 aliphatic rings. The van der Waals surface area contributed by atoms with Gasteiger partial charge in [0.15, 0.2) is 0 Å². The topological polar surface area (TPSA) is 74.5 Å². The van der Waals surface area contributed by atoms with E-state index in [-0.39, 0.29) is 7.43 Å². The molecule has 6 nitrogen and oxygen atoms in total. The van der Waals surface area contributed by atoms with E-state index < -0.39 is 16.3 Å². The first-order chi connectivity index (χ1) is 12.2. The van der Waals surface area contributed by atoms with Crippen LogP contribution in [0.5, 0.6) is 5.75 Å². The summed E-state index contributed by atoms with van der Waals surface area (Å²) < 4.78 is 23.5. The molecule has 0 amide bonds. The lowest BCUT2D eigenvalue weighted by Crippen LogP contribution is -2.21. The van der Waals surface area contributed by atoms with E-state index in [2.05, 4.69) is 15.6 Å². The summed E-state index contributed by atoms with van der Waals surface area (Å²) >= 11 is 0. The van der Waals surface area contributed by atoms with Gasteiger partial charge in [-0.2, -0.15) is 0 Å². The molecule has 3 rings (SSSR count). The Morgan fingerprint density at radius 2 is 2.08 bits per heavy atom. The zero-order valence-corrected chi connectivity index (χ0v) is 15.2. The van der Waals surface area contributed by atoms with Crippen molar-refractivity contribution in [2.45, 2.75) is 32.0 Å². The Balaban J connectivity index is 0.00000243. The monoisotopic (exact) mass is 376 g/mol. The van der Waals surface area contributed by atoms with Crippen molar-refractivity contribution in [2.24, 2.45) is 0 Å². The summed E-state index contributed by atoms with van der Waals surface area (Å²) in [6.45, 7) is 3.19. The summed E-state index contributed by atoms with van der Waals surface area (Å²) in [6.07, 6.45) is 2.52. The van der Waals surface area contributed by atoms with Gasteiger partial charge in [-0.15, -0.1) is 5.69 Å². The first kappa shape index (κ1) is 20.2. The van der Waals surface area contributed by atoms with Crippen LogP contribution in [0.3, 0.4) is 0 Å². The Kier molecular flexibility index (Phi) is 7.41. The van der Waals surface area contributed by atoms with E-state index in [9.17, 15) is 4.21 Å². The van der Waals surface area contributed by atoms with Gasteiger partial charge in [0.1, 0.15) is 5.75 Å². The minimum absolute atomic E-state index is 0. The predicted molar refractivity (Wildman–Crippen MR) is 106 cm³/mol. The number of hydrogen-bond acceptors (Lipinski definition) is 5. The third-order valence-corrected chi connectivity index (χ3v) is 5.26. The second-order valence-corrected chi connectivity index (χ2v) is 7.24. The molecule has 0 saturated carbocycles. The summed E-state index contributed by atoms with van der Waals surface area (Å²) in [5, 5.41) is 7.68. The molecule has 0 spiro atoms. The Labute approximate surface area is 157 Å². The molecule has 2 unspecified atom stereocenters. The minimum Gasteiger partial charge on any atom is -0.653 e. The molecule has 2 atom stereocenters. The van der Waals surface area contributed by atoms with Crippen LogP contribution in [0, 0.1) is 6.92 Å². The highest BCUT2D eigenvalue weighted by Crippen LogP contribution is 2.39. The molecule has 0 bridgehead atoms. The highest BCUT2D eigenvalue weighted by atomic mass is 32.2. The summed E-state index contributed by atoms with van der Waals surface area (Å²) in [6, 6.07) is 9.54. The maximum absolute atomic E-state index is 12.7. The number of nitrogens with zero attached hydrogens (tertiary/aromatic N) is 2. The van der Waals surface area contributed by atoms with Crippen LogP contribution in [0.4, 0.5) is 11.4 Å². The summed E-state index contributed by atoms with van der Waals surface area (Å²) in [7, 11) is 0.456. The van der Waals surface area contributed by atoms with Gasteiger partial charge in [-0.05, 0) is 19.1 Å². The molecule has 0 aliphatic carbocycles. The molecule has 0 fully saturated rings. The van der Waals surface area contributed by atoms with E-state index in [1.165, 1.54) is 0 Å². The van der Waals surface area contributed by atoms with Gasteiger partial charge < -0.3 is 20.1 Å². The first-order valence-corrected chi connectivity index (χ1v) is 9.57. The molecule has 1 aromatic heterocycles. The third kappa shape index (κ3) is 4.74. The van der Waals surface area contributed by atoms with E-state index in [1.54, 1.807) is 13.3 Å². The van der Waals surface area contributed by atoms with Gasteiger partial charge in [-0.1, -0.05) is 25.6 Å². The standard InChI is InChI=1S/C18H22N3O3S.CH4/c1-13-16(19-9-8-17(13)24-11-5-10-23-2)12-25(22)18-20-14-6-3-4-7-15(14)21-18;/h3-4,6-9,18,20H,5,10-12H2,1-2H3;1H4/q-1;. The number of pyridine rings is 1. The number of nitrogens with one attached hydrogen (secondary N) is 1. The molecule has 26 heavy (non-hydrogen) atoms. The number of para-hydroxylation sites is 2. The Morgan fingerprint density at radius 1 is 1.27 bits per heavy atom. The molecule has 1 aromatic carbocycles. The molecular formula is C19H26N3O3S-. The van der Waals surface area contributed by atoms with E-state index in [0.717, 1.165) is 34.8 Å². The zero-order chi connectivity index (χ0) is 17.6. The maximum Gasteiger partial charge on any atom is 0.125 e. The van der Waals surface area contributed by atoms with Crippen molar-refractivity contribution < 1.29 is 13.7 Å². The number of aromatic nitrogens is 1. The number of ether oxygens (including phenoxy) is 2. The van der Waals surface area contributed by atoms with Crippen LogP contribution in [0.25, 0.3) is 5.32 Å². The van der Waals surface area contributed by atoms with Crippen molar-refractivity contribution in [3.05, 3.63) is 53.1 Å². The van der Waals surface area contributed by atoms with Crippen LogP contribution in [-0.4, -0.2) is 35.0 Å². The summed E-state index contributed by atoms with van der Waals surface area (Å²) in [4.78, 5) is 4.38. The van der Waals surface area contributed by atoms with E-state index >= 15 is 0 Å². The molecular weight excluding hydrogens is 350 g/mol. The van der Waals surface area contributed by atoms with Crippen molar-refractivity contribution in [3.63, 3.8) is 0 Å². The maximum atomic E-state index is 12.7. The van der Waals surface area contributed by atoms with Gasteiger partial charge in [-0.3, -0.25) is 9.19 Å². The zero-order valence-electron chi connectivity index (χ0n) is 14.4. The lowest BCUT2D eigenvalue weighted by molar-refractivity contribution is 0.172. The fraction of sp³-hybridized carbons (Fsp3) is 0.421. The molecule has 2 aromatic rings. The average Bonchev–Trinajstić information content (AvgIpc) is 3.06. The fourth-order valence-corrected chi connectivity index (χ4v) is 3.79. The van der Waals surface area contributed by atoms with E-state index in [1.807, 2.05) is 37.3 Å². The molecule has 0 radical (unpaired) electrons. The largest absolute Gasteiger partial charge is 0.653 e. The minimum atomic E-state index is -1.22. The number of anilines is 1. The molecule has 2 heterocycles. The fourth-order valence-electron chi connectivity index (χ4n) is 2.58. The molecule has 7 heteroatoms. The van der Waals surface area contributed by atoms with Crippen molar-refractivity contribution in [1.82, 2.24) is 4.98 Å². The highest BCUT2D eigenvalue weighted by Gasteiger charge is 2.17. The van der Waals surface area contributed by atoms with Crippen molar-refractivity contribution in [1.29, 1.82) is 0 Å². The highest BCUT2D eigenvalue weighted by molar-refractivity contribution is 7.85. The van der Waals surface area contributed by atoms with Crippen molar-refractivity contribution in [3.8, 4) is 5.75 Å². The van der Waals surface area contributed by atoms with Gasteiger partial charge in [0.2, 0.25) is 0 Å². The lowest BCUT2D eigenvalue weighted by Gasteiger charge is -2.24. The van der Waals surface area contributed by atoms with Crippen LogP contribution in [0.1, 0.15) is 25.1 Å². The predicted octanol–water partition coefficient (Wildman–Crippen LogP) is 4.10. The van der Waals surface area contributed by atoms with E-state index in [4.69, 9.17) is 9.47 Å². The van der Waals surface area contributed by atoms with Crippen LogP contribution in [-0.2, 0) is 21.3 Å². The average molecular weight is 377 g/mol. The Morgan fingerprint density at radius 3 is 2.85 bits per heavy atom. The Hall–Kier alpha value is -2.12. The molecule has 0 saturated heterocycles. The smallest absolute Gasteiger partial charge is 0.125 e. The van der Waals surface area contributed by atoms with Crippen LogP contribution >= 0.6 is 0 Å². The van der Waals surface area contributed by atoms with Crippen LogP contribution < -0.4 is 10.1 Å². The van der Waals surface area contributed by atoms with Gasteiger partial charge in [0.25, 0.3) is 0 Å². The second-order valence-electron chi connectivity index (χ2n) is 5.74. The van der Waals surface area contributed by atoms with Gasteiger partial charge in [0.05, 0.1) is 18.1 Å². The van der Waals surface area contributed by atoms with Gasteiger partial charge >= 0.3 is 0 Å². The molecule has 1 N–H and O–H groups in total. The van der Waals surface area contributed by atoms with Crippen LogP contribution in [0.15, 0.2) is 36.5 Å². The summed E-state index contributed by atoms with van der Waals surface area (Å²) in [5.74, 6) is 1.11. The van der Waals surface area contributed by atoms with Crippen LogP contribution in [0.2, 0.25) is 0 Å². The lowest BCUT2D eigenvalue weighted by atomic mass is 10.2. The normalized spacial score (nSPS) is 16.0. The second kappa shape index (κ2) is 9.54. The number of rotatable bonds is 8. The van der Waals surface area contributed by atoms with E-state index in [0.29, 0.717) is 19.0 Å². The quantitative estimate of drug-likeness (QED) is 0.702. The first-order valence-electron chi connectivity index (χ1n) is 8.19. The molecule has 142 valence electrons. The number of methoxy groups -OCH3 is 1. The number of hydrogen-bond donors (Lipinski definition) is 1. The SMILES string of the molecule is C.COCCCOc1ccnc(CS(=O)C2[N-]c3ccccc3N2)c1C. The van der Waals surface area contributed by atoms with Crippen molar-refractivity contribution in [2.75, 3.05) is 25.6 Å². The van der Waals surface area contributed by atoms with Gasteiger partial charge in [-0.25, -0.2) is 0 Å². The third-order valence-electron chi connectivity index (χ3n) is 3.98. The number of benzene rings is 1. The summed E-state index contributed by atoms with van der Waals surface area (Å²) in [5.41, 5.74) is 3.02. The molecule has 1 aliphatic heterocycles. The Bertz CT molecular complexity index is 730. The number of fused-ring (bicyclic) bond motifs is 1. The van der Waals surface area contributed by atoms with Crippen molar-refractivity contribution >= 4 is 22.2 Å². The van der Waals surface area contributed by atoms with Gasteiger partial charge in [0, 0.05) is 53.9 Å².